The molecule has 0 aromatic carbocycles. The normalized spacial score (nSPS) is 12.1. The zero-order valence-electron chi connectivity index (χ0n) is 11.9. The first-order chi connectivity index (χ1) is 8.90. The van der Waals surface area contributed by atoms with Gasteiger partial charge in [0.15, 0.2) is 0 Å². The molecular weight excluding hydrogens is 242 g/mol. The lowest BCUT2D eigenvalue weighted by atomic mass is 10.1. The lowest BCUT2D eigenvalue weighted by Crippen LogP contribution is -2.39. The van der Waals surface area contributed by atoms with E-state index in [0.29, 0.717) is 0 Å². The highest BCUT2D eigenvalue weighted by atomic mass is 16.2. The molecule has 0 aliphatic rings. The van der Waals surface area contributed by atoms with Crippen molar-refractivity contribution in [3.05, 3.63) is 29.6 Å². The van der Waals surface area contributed by atoms with Gasteiger partial charge in [-0.05, 0) is 25.5 Å². The summed E-state index contributed by atoms with van der Waals surface area (Å²) in [6, 6.07) is 3.70. The van der Waals surface area contributed by atoms with E-state index >= 15 is 0 Å². The van der Waals surface area contributed by atoms with Crippen LogP contribution in [0.15, 0.2) is 18.3 Å². The van der Waals surface area contributed by atoms with Crippen molar-refractivity contribution >= 4 is 11.8 Å². The minimum absolute atomic E-state index is 0.000638. The predicted octanol–water partition coefficient (Wildman–Crippen LogP) is 1.34. The number of nitrogens with zero attached hydrogens (tertiary/aromatic N) is 1. The largest absolute Gasteiger partial charge is 0.348 e. The lowest BCUT2D eigenvalue weighted by molar-refractivity contribution is -0.128. The van der Waals surface area contributed by atoms with Crippen LogP contribution >= 0.6 is 0 Å². The zero-order chi connectivity index (χ0) is 14.4. The third kappa shape index (κ3) is 5.07. The molecule has 0 radical (unpaired) electrons. The van der Waals surface area contributed by atoms with Gasteiger partial charge in [0, 0.05) is 17.8 Å². The summed E-state index contributed by atoms with van der Waals surface area (Å²) in [6.07, 6.45) is 1.74. The Morgan fingerprint density at radius 2 is 1.95 bits per heavy atom. The third-order valence-electron chi connectivity index (χ3n) is 2.76. The number of amides is 2. The predicted molar refractivity (Wildman–Crippen MR) is 73.4 cm³/mol. The molecular formula is C14H21N3O2. The van der Waals surface area contributed by atoms with Crippen LogP contribution in [0.2, 0.25) is 0 Å². The number of pyridine rings is 1. The molecule has 5 heteroatoms. The van der Waals surface area contributed by atoms with E-state index in [1.54, 1.807) is 20.0 Å². The van der Waals surface area contributed by atoms with Gasteiger partial charge in [-0.2, -0.15) is 0 Å². The smallest absolute Gasteiger partial charge is 0.239 e. The molecule has 5 nitrogen and oxygen atoms in total. The number of carbonyl (C=O) groups is 2. The maximum atomic E-state index is 11.7. The van der Waals surface area contributed by atoms with Gasteiger partial charge in [0.05, 0.1) is 12.6 Å². The van der Waals surface area contributed by atoms with Gasteiger partial charge in [0.1, 0.15) is 0 Å². The number of nitrogens with one attached hydrogen (secondary N) is 2. The summed E-state index contributed by atoms with van der Waals surface area (Å²) in [5, 5.41) is 5.40. The Morgan fingerprint density at radius 3 is 2.47 bits per heavy atom. The van der Waals surface area contributed by atoms with Gasteiger partial charge < -0.3 is 10.6 Å². The van der Waals surface area contributed by atoms with E-state index in [1.165, 1.54) is 0 Å². The first-order valence-corrected chi connectivity index (χ1v) is 6.39. The van der Waals surface area contributed by atoms with E-state index < -0.39 is 0 Å². The number of hydrogen-bond donors (Lipinski definition) is 2. The van der Waals surface area contributed by atoms with Crippen molar-refractivity contribution in [2.45, 2.75) is 33.7 Å². The molecule has 0 saturated carbocycles. The average molecular weight is 263 g/mol. The highest BCUT2D eigenvalue weighted by molar-refractivity contribution is 5.85. The second-order valence-electron chi connectivity index (χ2n) is 4.89. The molecule has 1 aromatic rings. The Balaban J connectivity index is 2.44. The van der Waals surface area contributed by atoms with Crippen molar-refractivity contribution in [3.8, 4) is 0 Å². The summed E-state index contributed by atoms with van der Waals surface area (Å²) in [6.45, 7) is 7.37. The third-order valence-corrected chi connectivity index (χ3v) is 2.76. The maximum Gasteiger partial charge on any atom is 0.239 e. The summed E-state index contributed by atoms with van der Waals surface area (Å²) in [4.78, 5) is 27.2. The van der Waals surface area contributed by atoms with Crippen LogP contribution in [0.25, 0.3) is 0 Å². The Bertz CT molecular complexity index is 441. The van der Waals surface area contributed by atoms with Gasteiger partial charge in [0.25, 0.3) is 0 Å². The molecule has 0 bridgehead atoms. The van der Waals surface area contributed by atoms with Crippen LogP contribution in [-0.2, 0) is 9.59 Å². The fourth-order valence-corrected chi connectivity index (χ4v) is 1.48. The molecule has 0 aliphatic carbocycles. The highest BCUT2D eigenvalue weighted by Crippen LogP contribution is 2.10. The quantitative estimate of drug-likeness (QED) is 0.842. The molecule has 0 unspecified atom stereocenters. The van der Waals surface area contributed by atoms with Gasteiger partial charge in [-0.25, -0.2) is 0 Å². The van der Waals surface area contributed by atoms with Crippen LogP contribution < -0.4 is 10.6 Å². The van der Waals surface area contributed by atoms with E-state index in [4.69, 9.17) is 0 Å². The zero-order valence-corrected chi connectivity index (χ0v) is 11.9. The summed E-state index contributed by atoms with van der Waals surface area (Å²) in [5.74, 6) is -0.451. The monoisotopic (exact) mass is 263 g/mol. The Kier molecular flexibility index (Phi) is 5.48. The van der Waals surface area contributed by atoms with Crippen molar-refractivity contribution in [2.24, 2.45) is 5.92 Å². The topological polar surface area (TPSA) is 71.1 Å². The summed E-state index contributed by atoms with van der Waals surface area (Å²) >= 11 is 0. The van der Waals surface area contributed by atoms with E-state index in [1.807, 2.05) is 26.0 Å². The van der Waals surface area contributed by atoms with E-state index in [2.05, 4.69) is 15.6 Å². The standard InChI is InChI=1S/C14H21N3O2/c1-9(2)14(19)16-8-13(18)17-11(4)12-6-5-10(3)15-7-12/h5-7,9,11H,8H2,1-4H3,(H,16,19)(H,17,18)/t11-/m1/s1. The Labute approximate surface area is 113 Å². The van der Waals surface area contributed by atoms with E-state index in [9.17, 15) is 9.59 Å². The molecule has 2 N–H and O–H groups in total. The van der Waals surface area contributed by atoms with Gasteiger partial charge >= 0.3 is 0 Å². The van der Waals surface area contributed by atoms with Crippen LogP contribution in [0.4, 0.5) is 0 Å². The van der Waals surface area contributed by atoms with Crippen LogP contribution in [0.3, 0.4) is 0 Å². The Hall–Kier alpha value is -1.91. The van der Waals surface area contributed by atoms with Crippen molar-refractivity contribution < 1.29 is 9.59 Å². The second kappa shape index (κ2) is 6.87. The van der Waals surface area contributed by atoms with Crippen molar-refractivity contribution in [2.75, 3.05) is 6.54 Å². The van der Waals surface area contributed by atoms with Gasteiger partial charge in [-0.1, -0.05) is 19.9 Å². The number of aryl methyl sites for hydroxylation is 1. The molecule has 1 aromatic heterocycles. The van der Waals surface area contributed by atoms with Gasteiger partial charge in [0.2, 0.25) is 11.8 Å². The van der Waals surface area contributed by atoms with Crippen molar-refractivity contribution in [1.29, 1.82) is 0 Å². The fraction of sp³-hybridized carbons (Fsp3) is 0.500. The molecule has 1 heterocycles. The highest BCUT2D eigenvalue weighted by Gasteiger charge is 2.12. The lowest BCUT2D eigenvalue weighted by Gasteiger charge is -2.15. The first kappa shape index (κ1) is 15.1. The molecule has 0 fully saturated rings. The number of rotatable bonds is 5. The van der Waals surface area contributed by atoms with E-state index in [0.717, 1.165) is 11.3 Å². The van der Waals surface area contributed by atoms with Crippen LogP contribution in [0.1, 0.15) is 38.1 Å². The Morgan fingerprint density at radius 1 is 1.26 bits per heavy atom. The number of carbonyl (C=O) groups excluding carboxylic acids is 2. The van der Waals surface area contributed by atoms with Gasteiger partial charge in [-0.15, -0.1) is 0 Å². The maximum absolute atomic E-state index is 11.7. The second-order valence-corrected chi connectivity index (χ2v) is 4.89. The first-order valence-electron chi connectivity index (χ1n) is 6.39. The number of hydrogen-bond acceptors (Lipinski definition) is 3. The molecule has 1 atom stereocenters. The molecule has 2 amide bonds. The van der Waals surface area contributed by atoms with E-state index in [-0.39, 0.29) is 30.3 Å². The number of aromatic nitrogens is 1. The van der Waals surface area contributed by atoms with Crippen LogP contribution in [0.5, 0.6) is 0 Å². The molecule has 1 rings (SSSR count). The minimum Gasteiger partial charge on any atom is -0.348 e. The molecule has 0 spiro atoms. The van der Waals surface area contributed by atoms with Gasteiger partial charge in [-0.3, -0.25) is 14.6 Å². The molecule has 19 heavy (non-hydrogen) atoms. The van der Waals surface area contributed by atoms with Crippen LogP contribution in [-0.4, -0.2) is 23.3 Å². The summed E-state index contributed by atoms with van der Waals surface area (Å²) in [7, 11) is 0. The summed E-state index contributed by atoms with van der Waals surface area (Å²) < 4.78 is 0. The fourth-order valence-electron chi connectivity index (χ4n) is 1.48. The van der Waals surface area contributed by atoms with Crippen molar-refractivity contribution in [3.63, 3.8) is 0 Å². The average Bonchev–Trinajstić information content (AvgIpc) is 2.36. The molecule has 0 aliphatic heterocycles. The summed E-state index contributed by atoms with van der Waals surface area (Å²) in [5.41, 5.74) is 1.88. The molecule has 104 valence electrons. The molecule has 0 saturated heterocycles. The van der Waals surface area contributed by atoms with Crippen molar-refractivity contribution in [1.82, 2.24) is 15.6 Å². The minimum atomic E-state index is -0.206. The van der Waals surface area contributed by atoms with Crippen LogP contribution in [0, 0.1) is 12.8 Å². The SMILES string of the molecule is Cc1ccc([C@@H](C)NC(=O)CNC(=O)C(C)C)cn1.